The normalized spacial score (nSPS) is 22.9. The van der Waals surface area contributed by atoms with Crippen molar-refractivity contribution in [3.8, 4) is 0 Å². The predicted molar refractivity (Wildman–Crippen MR) is 145 cm³/mol. The number of ether oxygens (including phenoxy) is 1. The highest BCUT2D eigenvalue weighted by Gasteiger charge is 2.66. The summed E-state index contributed by atoms with van der Waals surface area (Å²) in [7, 11) is 0. The molecule has 0 aliphatic carbocycles. The number of nitrogens with zero attached hydrogens (tertiary/aromatic N) is 3. The van der Waals surface area contributed by atoms with Crippen LogP contribution in [0, 0.1) is 0 Å². The van der Waals surface area contributed by atoms with Crippen LogP contribution in [0.25, 0.3) is 0 Å². The third-order valence-electron chi connectivity index (χ3n) is 7.26. The largest absolute Gasteiger partial charge is 0.447 e. The predicted octanol–water partition coefficient (Wildman–Crippen LogP) is 5.56. The molecule has 0 N–H and O–H groups in total. The number of β-lactam (4-membered cyclic amide) rings is 1. The Labute approximate surface area is 221 Å². The van der Waals surface area contributed by atoms with Crippen molar-refractivity contribution in [3.05, 3.63) is 144 Å². The number of hydrogen-bond donors (Lipinski definition) is 0. The van der Waals surface area contributed by atoms with E-state index in [2.05, 4.69) is 0 Å². The first-order valence-electron chi connectivity index (χ1n) is 12.7. The van der Waals surface area contributed by atoms with E-state index in [9.17, 15) is 9.59 Å². The van der Waals surface area contributed by atoms with Gasteiger partial charge < -0.3 is 9.64 Å². The summed E-state index contributed by atoms with van der Waals surface area (Å²) in [5.74, 6) is -0.164. The molecule has 0 aromatic heterocycles. The Morgan fingerprint density at radius 2 is 1.37 bits per heavy atom. The number of cyclic esters (lactones) is 1. The summed E-state index contributed by atoms with van der Waals surface area (Å²) in [6.45, 7) is 0.536. The van der Waals surface area contributed by atoms with Crippen LogP contribution in [0.5, 0.6) is 0 Å². The molecule has 0 radical (unpaired) electrons. The van der Waals surface area contributed by atoms with Gasteiger partial charge in [-0.05, 0) is 16.7 Å². The van der Waals surface area contributed by atoms with E-state index in [1.54, 1.807) is 16.0 Å². The van der Waals surface area contributed by atoms with Gasteiger partial charge in [0.2, 0.25) is 0 Å². The van der Waals surface area contributed by atoms with Crippen molar-refractivity contribution in [1.29, 1.82) is 0 Å². The standard InChI is InChI=1S/C32H27N3O3/c36-30-29(35-28(23-38-31(35)37)26-17-9-3-10-18-26)32(27-19-11-4-12-20-27,33-21-24-13-5-1-6-14-24)34(30)22-25-15-7-2-8-16-25/h1-21,28-29H,22-23H2/b33-21+/t28-,29?,32?/m0/s1. The molecule has 3 atom stereocenters. The highest BCUT2D eigenvalue weighted by atomic mass is 16.6. The van der Waals surface area contributed by atoms with Crippen LogP contribution in [0.1, 0.15) is 28.3 Å². The van der Waals surface area contributed by atoms with Crippen molar-refractivity contribution in [2.24, 2.45) is 4.99 Å². The van der Waals surface area contributed by atoms with E-state index >= 15 is 0 Å². The van der Waals surface area contributed by atoms with Gasteiger partial charge in [0, 0.05) is 18.3 Å². The number of amides is 2. The van der Waals surface area contributed by atoms with Gasteiger partial charge in [0.1, 0.15) is 6.61 Å². The zero-order valence-electron chi connectivity index (χ0n) is 20.8. The molecule has 2 heterocycles. The van der Waals surface area contributed by atoms with E-state index in [-0.39, 0.29) is 12.5 Å². The number of carbonyl (C=O) groups is 2. The topological polar surface area (TPSA) is 62.2 Å². The molecule has 2 unspecified atom stereocenters. The molecule has 0 spiro atoms. The molecule has 4 aromatic rings. The number of likely N-dealkylation sites (tertiary alicyclic amines) is 1. The maximum atomic E-state index is 14.1. The fourth-order valence-corrected chi connectivity index (χ4v) is 5.42. The van der Waals surface area contributed by atoms with Crippen molar-refractivity contribution in [3.63, 3.8) is 0 Å². The average molecular weight is 502 g/mol. The Kier molecular flexibility index (Phi) is 6.22. The fraction of sp³-hybridized carbons (Fsp3) is 0.156. The molecule has 6 heteroatoms. The van der Waals surface area contributed by atoms with Crippen LogP contribution in [0.3, 0.4) is 0 Å². The molecule has 2 amide bonds. The number of hydrogen-bond acceptors (Lipinski definition) is 4. The van der Waals surface area contributed by atoms with E-state index in [1.165, 1.54) is 0 Å². The quantitative estimate of drug-likeness (QED) is 0.246. The first kappa shape index (κ1) is 23.7. The maximum absolute atomic E-state index is 14.1. The van der Waals surface area contributed by atoms with Crippen molar-refractivity contribution >= 4 is 18.2 Å². The van der Waals surface area contributed by atoms with Gasteiger partial charge >= 0.3 is 6.09 Å². The van der Waals surface area contributed by atoms with Gasteiger partial charge in [-0.15, -0.1) is 0 Å². The van der Waals surface area contributed by atoms with Gasteiger partial charge in [0.15, 0.2) is 11.7 Å². The van der Waals surface area contributed by atoms with Crippen LogP contribution in [0.15, 0.2) is 126 Å². The van der Waals surface area contributed by atoms with Gasteiger partial charge in [0.05, 0.1) is 6.04 Å². The van der Waals surface area contributed by atoms with Crippen LogP contribution in [0.4, 0.5) is 4.79 Å². The lowest BCUT2D eigenvalue weighted by Gasteiger charge is -2.57. The van der Waals surface area contributed by atoms with E-state index in [0.29, 0.717) is 6.54 Å². The molecular formula is C32H27N3O3. The average Bonchev–Trinajstić information content (AvgIpc) is 3.35. The molecule has 6 nitrogen and oxygen atoms in total. The van der Waals surface area contributed by atoms with Gasteiger partial charge in [0.25, 0.3) is 5.91 Å². The second-order valence-corrected chi connectivity index (χ2v) is 9.48. The molecule has 4 aromatic carbocycles. The summed E-state index contributed by atoms with van der Waals surface area (Å²) in [6, 6.07) is 37.8. The first-order valence-corrected chi connectivity index (χ1v) is 12.7. The zero-order chi connectivity index (χ0) is 26.0. The molecule has 2 saturated heterocycles. The van der Waals surface area contributed by atoms with Gasteiger partial charge in [-0.2, -0.15) is 0 Å². The summed E-state index contributed by atoms with van der Waals surface area (Å²) in [5.41, 5.74) is 2.50. The molecule has 2 fully saturated rings. The number of aliphatic imine (C=N–C) groups is 1. The van der Waals surface area contributed by atoms with Gasteiger partial charge in [-0.1, -0.05) is 121 Å². The Morgan fingerprint density at radius 3 is 2.03 bits per heavy atom. The maximum Gasteiger partial charge on any atom is 0.411 e. The van der Waals surface area contributed by atoms with Crippen molar-refractivity contribution in [2.75, 3.05) is 6.61 Å². The molecule has 2 aliphatic rings. The molecule has 2 aliphatic heterocycles. The Bertz CT molecular complexity index is 1440. The molecule has 188 valence electrons. The van der Waals surface area contributed by atoms with Crippen molar-refractivity contribution in [2.45, 2.75) is 24.3 Å². The third kappa shape index (κ3) is 4.04. The summed E-state index contributed by atoms with van der Waals surface area (Å²) < 4.78 is 5.55. The van der Waals surface area contributed by atoms with E-state index < -0.39 is 23.8 Å². The minimum atomic E-state index is -1.14. The lowest BCUT2D eigenvalue weighted by molar-refractivity contribution is -0.176. The van der Waals surface area contributed by atoms with E-state index in [1.807, 2.05) is 121 Å². The SMILES string of the molecule is O=C1OC[C@@H](c2ccccc2)N1C1C(=O)N(Cc2ccccc2)C1(/N=C/c1ccccc1)c1ccccc1. The zero-order valence-corrected chi connectivity index (χ0v) is 20.8. The third-order valence-corrected chi connectivity index (χ3v) is 7.26. The monoisotopic (exact) mass is 501 g/mol. The number of benzene rings is 4. The summed E-state index contributed by atoms with van der Waals surface area (Å²) in [6.07, 6.45) is 1.29. The Morgan fingerprint density at radius 1 is 0.789 bits per heavy atom. The lowest BCUT2D eigenvalue weighted by atomic mass is 9.78. The van der Waals surface area contributed by atoms with Crippen LogP contribution in [-0.4, -0.2) is 40.7 Å². The second kappa shape index (κ2) is 9.98. The van der Waals surface area contributed by atoms with Gasteiger partial charge in [-0.25, -0.2) is 4.79 Å². The van der Waals surface area contributed by atoms with Crippen molar-refractivity contribution in [1.82, 2.24) is 9.80 Å². The molecule has 0 bridgehead atoms. The van der Waals surface area contributed by atoms with Crippen LogP contribution in [0.2, 0.25) is 0 Å². The van der Waals surface area contributed by atoms with Gasteiger partial charge in [-0.3, -0.25) is 14.7 Å². The minimum Gasteiger partial charge on any atom is -0.447 e. The summed E-state index contributed by atoms with van der Waals surface area (Å²) in [4.78, 5) is 35.9. The molecule has 6 rings (SSSR count). The van der Waals surface area contributed by atoms with Crippen molar-refractivity contribution < 1.29 is 14.3 Å². The van der Waals surface area contributed by atoms with Crippen LogP contribution in [-0.2, 0) is 21.7 Å². The number of rotatable bonds is 7. The number of carbonyl (C=O) groups excluding carboxylic acids is 2. The van der Waals surface area contributed by atoms with E-state index in [4.69, 9.17) is 9.73 Å². The highest BCUT2D eigenvalue weighted by molar-refractivity contribution is 5.96. The molecule has 38 heavy (non-hydrogen) atoms. The second-order valence-electron chi connectivity index (χ2n) is 9.48. The summed E-state index contributed by atoms with van der Waals surface area (Å²) >= 11 is 0. The van der Waals surface area contributed by atoms with Crippen LogP contribution < -0.4 is 0 Å². The Balaban J connectivity index is 1.51. The Hall–Kier alpha value is -4.71. The molecular weight excluding hydrogens is 474 g/mol. The highest BCUT2D eigenvalue weighted by Crippen LogP contribution is 2.50. The lowest BCUT2D eigenvalue weighted by Crippen LogP contribution is -2.76. The first-order chi connectivity index (χ1) is 18.7. The van der Waals surface area contributed by atoms with Crippen LogP contribution >= 0.6 is 0 Å². The molecule has 0 saturated carbocycles. The minimum absolute atomic E-state index is 0.164. The smallest absolute Gasteiger partial charge is 0.411 e. The summed E-state index contributed by atoms with van der Waals surface area (Å²) in [5, 5.41) is 0. The van der Waals surface area contributed by atoms with E-state index in [0.717, 1.165) is 22.3 Å². The fourth-order valence-electron chi connectivity index (χ4n) is 5.42.